The van der Waals surface area contributed by atoms with Crippen LogP contribution in [0, 0.1) is 0 Å². The van der Waals surface area contributed by atoms with Crippen LogP contribution in [0.4, 0.5) is 0 Å². The average Bonchev–Trinajstić information content (AvgIpc) is 2.82. The number of aromatic nitrogens is 1. The Kier molecular flexibility index (Phi) is 6.32. The van der Waals surface area contributed by atoms with E-state index < -0.39 is 5.97 Å². The fourth-order valence-electron chi connectivity index (χ4n) is 3.44. The molecule has 0 aliphatic carbocycles. The number of Topliss-reactive ketones (excluding diaryl/α,β-unsaturated/α-hetero) is 1. The van der Waals surface area contributed by atoms with Gasteiger partial charge in [-0.2, -0.15) is 0 Å². The van der Waals surface area contributed by atoms with E-state index in [1.165, 1.54) is 14.0 Å². The number of ketones is 1. The van der Waals surface area contributed by atoms with Gasteiger partial charge < -0.3 is 9.47 Å². The monoisotopic (exact) mass is 489 g/mol. The van der Waals surface area contributed by atoms with E-state index in [1.54, 1.807) is 24.3 Å². The van der Waals surface area contributed by atoms with Crippen molar-refractivity contribution in [2.75, 3.05) is 7.11 Å². The molecule has 0 bridgehead atoms. The van der Waals surface area contributed by atoms with Gasteiger partial charge in [-0.25, -0.2) is 9.78 Å². The van der Waals surface area contributed by atoms with Crippen molar-refractivity contribution in [2.45, 2.75) is 13.5 Å². The van der Waals surface area contributed by atoms with E-state index in [-0.39, 0.29) is 12.4 Å². The van der Waals surface area contributed by atoms with Crippen molar-refractivity contribution >= 4 is 38.6 Å². The molecule has 0 spiro atoms. The highest BCUT2D eigenvalue weighted by atomic mass is 79.9. The van der Waals surface area contributed by atoms with Crippen LogP contribution in [0.3, 0.4) is 0 Å². The van der Waals surface area contributed by atoms with Gasteiger partial charge in [0.2, 0.25) is 0 Å². The zero-order valence-corrected chi connectivity index (χ0v) is 19.2. The highest BCUT2D eigenvalue weighted by molar-refractivity contribution is 9.10. The maximum Gasteiger partial charge on any atom is 0.339 e. The minimum Gasteiger partial charge on any atom is -0.496 e. The van der Waals surface area contributed by atoms with E-state index in [0.29, 0.717) is 39.0 Å². The zero-order chi connectivity index (χ0) is 22.7. The smallest absolute Gasteiger partial charge is 0.339 e. The number of ether oxygens (including phenoxy) is 2. The molecule has 0 saturated heterocycles. The lowest BCUT2D eigenvalue weighted by Gasteiger charge is -2.12. The molecule has 0 N–H and O–H groups in total. The van der Waals surface area contributed by atoms with Crippen LogP contribution in [0.5, 0.6) is 5.75 Å². The number of methoxy groups -OCH3 is 1. The van der Waals surface area contributed by atoms with Gasteiger partial charge in [-0.1, -0.05) is 46.3 Å². The number of halogens is 1. The minimum absolute atomic E-state index is 0.0204. The number of benzene rings is 3. The van der Waals surface area contributed by atoms with Crippen molar-refractivity contribution in [3.63, 3.8) is 0 Å². The Morgan fingerprint density at radius 3 is 2.44 bits per heavy atom. The van der Waals surface area contributed by atoms with Gasteiger partial charge in [-0.15, -0.1) is 0 Å². The largest absolute Gasteiger partial charge is 0.496 e. The summed E-state index contributed by atoms with van der Waals surface area (Å²) in [6.45, 7) is 1.47. The topological polar surface area (TPSA) is 65.5 Å². The van der Waals surface area contributed by atoms with Crippen LogP contribution in [0.15, 0.2) is 77.3 Å². The lowest BCUT2D eigenvalue weighted by atomic mass is 10.0. The number of carbonyl (C=O) groups excluding carboxylic acids is 2. The highest BCUT2D eigenvalue weighted by Crippen LogP contribution is 2.27. The highest BCUT2D eigenvalue weighted by Gasteiger charge is 2.17. The lowest BCUT2D eigenvalue weighted by Crippen LogP contribution is -2.08. The number of pyridine rings is 1. The average molecular weight is 490 g/mol. The summed E-state index contributed by atoms with van der Waals surface area (Å²) in [6.07, 6.45) is 0. The summed E-state index contributed by atoms with van der Waals surface area (Å²) in [5.41, 5.74) is 3.86. The molecule has 0 radical (unpaired) electrons. The first kappa shape index (κ1) is 21.7. The molecule has 1 aromatic heterocycles. The van der Waals surface area contributed by atoms with E-state index >= 15 is 0 Å². The minimum atomic E-state index is -0.475. The second-order valence-corrected chi connectivity index (χ2v) is 8.15. The first-order valence-electron chi connectivity index (χ1n) is 9.97. The fourth-order valence-corrected chi connectivity index (χ4v) is 3.71. The number of fused-ring (bicyclic) bond motifs is 1. The first-order valence-corrected chi connectivity index (χ1v) is 10.8. The molecule has 1 heterocycles. The SMILES string of the molecule is COc1ccc(C(C)=O)cc1COC(=O)c1cc(-c2ccc(Br)cc2)nc2ccccc12. The second-order valence-electron chi connectivity index (χ2n) is 7.24. The van der Waals surface area contributed by atoms with Crippen LogP contribution in [-0.2, 0) is 11.3 Å². The number of nitrogens with zero attached hydrogens (tertiary/aromatic N) is 1. The molecule has 32 heavy (non-hydrogen) atoms. The summed E-state index contributed by atoms with van der Waals surface area (Å²) in [7, 11) is 1.54. The number of hydrogen-bond donors (Lipinski definition) is 0. The Morgan fingerprint density at radius 1 is 0.969 bits per heavy atom. The van der Waals surface area contributed by atoms with Crippen LogP contribution in [-0.4, -0.2) is 23.8 Å². The first-order chi connectivity index (χ1) is 15.5. The molecular formula is C26H20BrNO4. The predicted molar refractivity (Wildman–Crippen MR) is 127 cm³/mol. The van der Waals surface area contributed by atoms with Gasteiger partial charge in [0.1, 0.15) is 12.4 Å². The van der Waals surface area contributed by atoms with Crippen molar-refractivity contribution in [1.29, 1.82) is 0 Å². The van der Waals surface area contributed by atoms with E-state index in [0.717, 1.165) is 10.0 Å². The molecule has 0 amide bonds. The molecule has 0 unspecified atom stereocenters. The molecule has 0 saturated carbocycles. The Labute approximate surface area is 194 Å². The number of para-hydroxylation sites is 1. The maximum absolute atomic E-state index is 13.1. The van der Waals surface area contributed by atoms with Gasteiger partial charge in [0.15, 0.2) is 5.78 Å². The van der Waals surface area contributed by atoms with Crippen molar-refractivity contribution in [3.05, 3.63) is 94.0 Å². The number of carbonyl (C=O) groups is 2. The third kappa shape index (κ3) is 4.55. The van der Waals surface area contributed by atoms with Gasteiger partial charge in [0.05, 0.1) is 23.9 Å². The summed E-state index contributed by atoms with van der Waals surface area (Å²) >= 11 is 3.44. The summed E-state index contributed by atoms with van der Waals surface area (Å²) < 4.78 is 12.0. The van der Waals surface area contributed by atoms with Gasteiger partial charge in [0, 0.05) is 26.5 Å². The Balaban J connectivity index is 1.69. The zero-order valence-electron chi connectivity index (χ0n) is 17.6. The summed E-state index contributed by atoms with van der Waals surface area (Å²) in [5, 5.41) is 0.711. The van der Waals surface area contributed by atoms with Crippen LogP contribution in [0.2, 0.25) is 0 Å². The second kappa shape index (κ2) is 9.32. The lowest BCUT2D eigenvalue weighted by molar-refractivity contribution is 0.0472. The summed E-state index contributed by atoms with van der Waals surface area (Å²) in [5.74, 6) is 0.00896. The molecule has 0 atom stereocenters. The van der Waals surface area contributed by atoms with Crippen molar-refractivity contribution in [2.24, 2.45) is 0 Å². The van der Waals surface area contributed by atoms with Gasteiger partial charge in [0.25, 0.3) is 0 Å². The third-order valence-corrected chi connectivity index (χ3v) is 5.65. The van der Waals surface area contributed by atoms with Gasteiger partial charge in [-0.3, -0.25) is 4.79 Å². The van der Waals surface area contributed by atoms with Gasteiger partial charge in [-0.05, 0) is 49.4 Å². The molecule has 0 aliphatic heterocycles. The molecule has 160 valence electrons. The summed E-state index contributed by atoms with van der Waals surface area (Å²) in [4.78, 5) is 29.6. The molecule has 4 rings (SSSR count). The van der Waals surface area contributed by atoms with E-state index in [9.17, 15) is 9.59 Å². The van der Waals surface area contributed by atoms with Crippen molar-refractivity contribution in [1.82, 2.24) is 4.98 Å². The number of hydrogen-bond acceptors (Lipinski definition) is 5. The molecule has 3 aromatic carbocycles. The van der Waals surface area contributed by atoms with Crippen molar-refractivity contribution < 1.29 is 19.1 Å². The van der Waals surface area contributed by atoms with Crippen molar-refractivity contribution in [3.8, 4) is 17.0 Å². The van der Waals surface area contributed by atoms with Crippen LogP contribution >= 0.6 is 15.9 Å². The Bertz CT molecular complexity index is 1320. The summed E-state index contributed by atoms with van der Waals surface area (Å²) in [6, 6.07) is 22.0. The molecule has 0 aliphatic rings. The molecular weight excluding hydrogens is 470 g/mol. The van der Waals surface area contributed by atoms with Crippen LogP contribution < -0.4 is 4.74 Å². The predicted octanol–water partition coefficient (Wildman–Crippen LogP) is 6.23. The fraction of sp³-hybridized carbons (Fsp3) is 0.115. The standard InChI is InChI=1S/C26H20BrNO4/c1-16(29)18-9-12-25(31-2)19(13-18)15-32-26(30)22-14-24(17-7-10-20(27)11-8-17)28-23-6-4-3-5-21(22)23/h3-14H,15H2,1-2H3. The van der Waals surface area contributed by atoms with E-state index in [1.807, 2.05) is 48.5 Å². The quantitative estimate of drug-likeness (QED) is 0.237. The molecule has 6 heteroatoms. The third-order valence-electron chi connectivity index (χ3n) is 5.12. The van der Waals surface area contributed by atoms with Crippen LogP contribution in [0.1, 0.15) is 33.2 Å². The number of esters is 1. The maximum atomic E-state index is 13.1. The molecule has 0 fully saturated rings. The van der Waals surface area contributed by atoms with Gasteiger partial charge >= 0.3 is 5.97 Å². The Morgan fingerprint density at radius 2 is 1.72 bits per heavy atom. The van der Waals surface area contributed by atoms with E-state index in [4.69, 9.17) is 14.5 Å². The van der Waals surface area contributed by atoms with E-state index in [2.05, 4.69) is 15.9 Å². The van der Waals surface area contributed by atoms with Crippen LogP contribution in [0.25, 0.3) is 22.2 Å². The molecule has 4 aromatic rings. The number of rotatable bonds is 6. The normalized spacial score (nSPS) is 10.7. The Hall–Kier alpha value is -3.51. The molecule has 5 nitrogen and oxygen atoms in total.